The molecule has 0 aromatic rings. The Balaban J connectivity index is 2.49. The predicted octanol–water partition coefficient (Wildman–Crippen LogP) is 5.66. The van der Waals surface area contributed by atoms with Gasteiger partial charge in [-0.25, -0.2) is 4.79 Å². The molecule has 0 amide bonds. The Morgan fingerprint density at radius 2 is 1.43 bits per heavy atom. The number of aliphatic hydroxyl groups excluding tert-OH is 9. The van der Waals surface area contributed by atoms with Crippen LogP contribution in [0.3, 0.4) is 0 Å². The van der Waals surface area contributed by atoms with E-state index in [1.165, 1.54) is 0 Å². The van der Waals surface area contributed by atoms with E-state index in [4.69, 9.17) is 24.7 Å². The van der Waals surface area contributed by atoms with Gasteiger partial charge in [0.05, 0.1) is 61.5 Å². The van der Waals surface area contributed by atoms with E-state index < -0.39 is 128 Å². The number of rotatable bonds is 17. The molecule has 2 bridgehead atoms. The summed E-state index contributed by atoms with van der Waals surface area (Å²) in [5, 5.41) is 115. The van der Waals surface area contributed by atoms with Crippen LogP contribution in [0.5, 0.6) is 0 Å². The minimum atomic E-state index is -2.48. The number of unbranched alkanes of at least 4 members (excludes halogenated alkanes) is 2. The third-order valence-corrected chi connectivity index (χ3v) is 16.5. The van der Waals surface area contributed by atoms with Crippen LogP contribution in [0, 0.1) is 35.5 Å². The zero-order valence-electron chi connectivity index (χ0n) is 51.5. The van der Waals surface area contributed by atoms with Gasteiger partial charge in [0.1, 0.15) is 24.7 Å². The molecule has 13 N–H and O–H groups in total. The van der Waals surface area contributed by atoms with Gasteiger partial charge in [-0.15, -0.1) is 0 Å². The first kappa shape index (κ1) is 75.0. The number of allylic oxidation sites excluding steroid dienone is 6. The van der Waals surface area contributed by atoms with E-state index in [-0.39, 0.29) is 75.7 Å². The fourth-order valence-corrected chi connectivity index (χ4v) is 10.5. The van der Waals surface area contributed by atoms with Crippen LogP contribution in [0.25, 0.3) is 0 Å². The monoisotopic (exact) mass is 1180 g/mol. The van der Waals surface area contributed by atoms with Crippen LogP contribution in [0.15, 0.2) is 64.7 Å². The molecular formula is C63H109N3O17. The number of aliphatic hydroxyl groups is 10. The number of nitrogens with two attached hydrogens (primary N) is 1. The second kappa shape index (κ2) is 39.6. The number of hydrogen-bond donors (Lipinski definition) is 12. The van der Waals surface area contributed by atoms with Gasteiger partial charge in [0.2, 0.25) is 0 Å². The van der Waals surface area contributed by atoms with Gasteiger partial charge in [-0.05, 0) is 95.0 Å². The maximum Gasteiger partial charge on any atom is 0.334 e. The number of cyclic esters (lactones) is 1. The molecule has 2 aliphatic rings. The highest BCUT2D eigenvalue weighted by Gasteiger charge is 2.50. The largest absolute Gasteiger partial charge is 0.465 e. The van der Waals surface area contributed by atoms with Crippen molar-refractivity contribution in [2.45, 2.75) is 257 Å². The quantitative estimate of drug-likeness (QED) is 0.0159. The number of fused-ring (bicyclic) bond motifs is 2. The highest BCUT2D eigenvalue weighted by atomic mass is 16.7. The molecular weight excluding hydrogens is 1070 g/mol. The van der Waals surface area contributed by atoms with E-state index in [0.29, 0.717) is 23.7 Å². The fourth-order valence-electron chi connectivity index (χ4n) is 10.5. The fraction of sp³-hybridized carbons (Fsp3) is 0.778. The van der Waals surface area contributed by atoms with Crippen LogP contribution in [0.2, 0.25) is 0 Å². The molecule has 478 valence electrons. The normalized spacial score (nSPS) is 34.1. The lowest BCUT2D eigenvalue weighted by Crippen LogP contribution is -2.59. The zero-order chi connectivity index (χ0) is 62.4. The number of guanidine groups is 1. The summed E-state index contributed by atoms with van der Waals surface area (Å²) < 4.78 is 23.2. The van der Waals surface area contributed by atoms with E-state index in [9.17, 15) is 65.4 Å². The van der Waals surface area contributed by atoms with Crippen molar-refractivity contribution in [3.8, 4) is 0 Å². The lowest BCUT2D eigenvalue weighted by molar-refractivity contribution is -0.333. The van der Waals surface area contributed by atoms with E-state index in [1.807, 2.05) is 33.8 Å². The van der Waals surface area contributed by atoms with Crippen molar-refractivity contribution in [2.75, 3.05) is 20.2 Å². The third-order valence-electron chi connectivity index (χ3n) is 16.5. The summed E-state index contributed by atoms with van der Waals surface area (Å²) in [6, 6.07) is 0. The first-order chi connectivity index (χ1) is 39.1. The van der Waals surface area contributed by atoms with Crippen LogP contribution in [-0.4, -0.2) is 174 Å². The highest BCUT2D eigenvalue weighted by Crippen LogP contribution is 2.36. The minimum absolute atomic E-state index is 0.0632. The first-order valence-electron chi connectivity index (χ1n) is 30.5. The zero-order valence-corrected chi connectivity index (χ0v) is 51.5. The number of aliphatic imine (C=N–C) groups is 1. The number of carbonyl (C=O) groups is 3. The molecule has 0 saturated carbocycles. The lowest BCUT2D eigenvalue weighted by atomic mass is 9.84. The van der Waals surface area contributed by atoms with Crippen LogP contribution >= 0.6 is 0 Å². The lowest BCUT2D eigenvalue weighted by Gasteiger charge is -2.45. The topological polar surface area (TPSA) is 341 Å². The molecule has 2 heterocycles. The molecule has 0 aromatic carbocycles. The van der Waals surface area contributed by atoms with Crippen molar-refractivity contribution in [1.29, 1.82) is 0 Å². The number of nitrogens with zero attached hydrogens (tertiary/aromatic N) is 1. The molecule has 2 aliphatic heterocycles. The Hall–Kier alpha value is -4.06. The van der Waals surface area contributed by atoms with Gasteiger partial charge in [0, 0.05) is 75.4 Å². The maximum absolute atomic E-state index is 13.7. The summed E-state index contributed by atoms with van der Waals surface area (Å²) in [4.78, 5) is 43.6. The van der Waals surface area contributed by atoms with Crippen molar-refractivity contribution in [2.24, 2.45) is 46.2 Å². The summed E-state index contributed by atoms with van der Waals surface area (Å²) in [7, 11) is 1.63. The summed E-state index contributed by atoms with van der Waals surface area (Å²) in [6.07, 6.45) is 4.39. The van der Waals surface area contributed by atoms with Gasteiger partial charge in [-0.2, -0.15) is 0 Å². The van der Waals surface area contributed by atoms with E-state index in [1.54, 1.807) is 72.0 Å². The number of nitrogens with one attached hydrogen (secondary N) is 1. The van der Waals surface area contributed by atoms with Crippen LogP contribution < -0.4 is 11.1 Å². The SMILES string of the molecule is CCCC(CC)COC(=O)CC(=O)OC1CC(O)CC2CC(O)C(O)C(O)(CC(O)C(C)CCC(O)C(C)C(O)CC(O)C(C)C=CC=C(C)C(=O)OC(C(C)CCC/C=C/CCCNC(N)=NC)C(C)C=CC=C(C)C(O)CC(O)C1)O2. The summed E-state index contributed by atoms with van der Waals surface area (Å²) in [5.74, 6) is -6.34. The Kier molecular flexibility index (Phi) is 35.8. The Morgan fingerprint density at radius 1 is 0.795 bits per heavy atom. The number of carbonyl (C=O) groups excluding carboxylic acids is 3. The van der Waals surface area contributed by atoms with Gasteiger partial charge in [-0.3, -0.25) is 14.6 Å². The van der Waals surface area contributed by atoms with E-state index >= 15 is 0 Å². The first-order valence-corrected chi connectivity index (χ1v) is 30.5. The van der Waals surface area contributed by atoms with Crippen molar-refractivity contribution >= 4 is 23.9 Å². The van der Waals surface area contributed by atoms with Gasteiger partial charge in [-0.1, -0.05) is 110 Å². The Labute approximate surface area is 495 Å². The van der Waals surface area contributed by atoms with Crippen LogP contribution in [0.1, 0.15) is 178 Å². The second-order valence-corrected chi connectivity index (χ2v) is 23.9. The molecule has 19 unspecified atom stereocenters. The molecule has 1 saturated heterocycles. The summed E-state index contributed by atoms with van der Waals surface area (Å²) in [5.41, 5.74) is 6.51. The standard InChI is InChI=1S/C63H109N3O17/c1-11-21-46(12-2)38-80-57(75)36-58(76)81-49-30-47(67)32-50-34-55(73)60(77)63(79,83-50)37-56(74)41(5)27-28-51(69)45(9)54(72)35-53(71)40(4)24-20-26-44(8)61(78)82-59(43(7)25-19-23-39(3)52(70)33-48(68)31-49)42(6)22-17-15-13-14-16-18-29-66-62(64)65-10/h13-14,19-20,23-26,40-43,45-56,59-60,67-74,77,79H,11-12,15-18,21-22,27-38H2,1-10H3,(H3,64,65,66)/b14-13+,24-20?,25-19?,39-23?,44-26?. The van der Waals surface area contributed by atoms with Crippen molar-refractivity contribution in [3.05, 3.63) is 59.8 Å². The van der Waals surface area contributed by atoms with Crippen LogP contribution in [-0.2, 0) is 33.3 Å². The van der Waals surface area contributed by atoms with Crippen LogP contribution in [0.4, 0.5) is 0 Å². The summed E-state index contributed by atoms with van der Waals surface area (Å²) >= 11 is 0. The van der Waals surface area contributed by atoms with Crippen molar-refractivity contribution in [1.82, 2.24) is 5.32 Å². The Morgan fingerprint density at radius 3 is 2.08 bits per heavy atom. The number of hydrogen-bond acceptors (Lipinski definition) is 18. The molecule has 1 fully saturated rings. The number of ether oxygens (including phenoxy) is 4. The average molecular weight is 1180 g/mol. The molecule has 2 rings (SSSR count). The minimum Gasteiger partial charge on any atom is -0.465 e. The molecule has 0 aromatic heterocycles. The molecule has 20 heteroatoms. The smallest absolute Gasteiger partial charge is 0.334 e. The molecule has 0 radical (unpaired) electrons. The Bertz CT molecular complexity index is 2070. The third kappa shape index (κ3) is 28.8. The van der Waals surface area contributed by atoms with E-state index in [0.717, 1.165) is 51.4 Å². The summed E-state index contributed by atoms with van der Waals surface area (Å²) in [6.45, 7) is 17.2. The van der Waals surface area contributed by atoms with Crippen molar-refractivity contribution < 1.29 is 84.4 Å². The number of esters is 3. The average Bonchev–Trinajstić information content (AvgIpc) is 3.52. The van der Waals surface area contributed by atoms with E-state index in [2.05, 4.69) is 22.5 Å². The van der Waals surface area contributed by atoms with Crippen molar-refractivity contribution in [3.63, 3.8) is 0 Å². The predicted molar refractivity (Wildman–Crippen MR) is 319 cm³/mol. The molecule has 83 heavy (non-hydrogen) atoms. The molecule has 20 nitrogen and oxygen atoms in total. The molecule has 19 atom stereocenters. The van der Waals surface area contributed by atoms with Gasteiger partial charge < -0.3 is 81.1 Å². The van der Waals surface area contributed by atoms with Gasteiger partial charge in [0.25, 0.3) is 0 Å². The molecule has 0 spiro atoms. The maximum atomic E-state index is 13.7. The van der Waals surface area contributed by atoms with Gasteiger partial charge >= 0.3 is 17.9 Å². The molecule has 0 aliphatic carbocycles. The second-order valence-electron chi connectivity index (χ2n) is 23.9. The highest BCUT2D eigenvalue weighted by molar-refractivity contribution is 5.91. The van der Waals surface area contributed by atoms with Gasteiger partial charge in [0.15, 0.2) is 11.7 Å².